The molecule has 2 heterocycles. The summed E-state index contributed by atoms with van der Waals surface area (Å²) in [6.07, 6.45) is 2.78. The molecule has 0 atom stereocenters. The molecule has 3 rings (SSSR count). The van der Waals surface area contributed by atoms with Crippen LogP contribution in [0.5, 0.6) is 0 Å². The first-order chi connectivity index (χ1) is 12.0. The van der Waals surface area contributed by atoms with Crippen LogP contribution in [-0.4, -0.2) is 19.7 Å². The van der Waals surface area contributed by atoms with Crippen LogP contribution in [0.4, 0.5) is 11.5 Å². The number of nitriles is 1. The number of nitrogens with zero attached hydrogens (tertiary/aromatic N) is 5. The first kappa shape index (κ1) is 16.4. The molecule has 0 fully saturated rings. The molecule has 8 heteroatoms. The zero-order valence-electron chi connectivity index (χ0n) is 13.9. The molecule has 0 aliphatic rings. The minimum Gasteiger partial charge on any atom is -0.366 e. The number of aryl methyl sites for hydroxylation is 2. The highest BCUT2D eigenvalue weighted by molar-refractivity contribution is 5.88. The lowest BCUT2D eigenvalue weighted by molar-refractivity contribution is -0.384. The molecule has 0 bridgehead atoms. The predicted octanol–water partition coefficient (Wildman–Crippen LogP) is 2.92. The molecular weight excluding hydrogens is 320 g/mol. The predicted molar refractivity (Wildman–Crippen MR) is 93.0 cm³/mol. The van der Waals surface area contributed by atoms with E-state index >= 15 is 0 Å². The third-order valence-corrected chi connectivity index (χ3v) is 3.91. The van der Waals surface area contributed by atoms with Crippen molar-refractivity contribution in [1.29, 1.82) is 5.26 Å². The molecule has 0 aliphatic heterocycles. The van der Waals surface area contributed by atoms with E-state index in [2.05, 4.69) is 21.5 Å². The van der Waals surface area contributed by atoms with E-state index in [1.54, 1.807) is 16.8 Å². The largest absolute Gasteiger partial charge is 0.366 e. The van der Waals surface area contributed by atoms with Crippen molar-refractivity contribution in [3.63, 3.8) is 0 Å². The molecular formula is C17H16N6O2. The van der Waals surface area contributed by atoms with Gasteiger partial charge in [0.2, 0.25) is 0 Å². The van der Waals surface area contributed by atoms with Gasteiger partial charge in [-0.1, -0.05) is 6.92 Å². The topological polar surface area (TPSA) is 110 Å². The van der Waals surface area contributed by atoms with Crippen LogP contribution < -0.4 is 5.32 Å². The summed E-state index contributed by atoms with van der Waals surface area (Å²) >= 11 is 0. The molecule has 0 spiro atoms. The van der Waals surface area contributed by atoms with Crippen molar-refractivity contribution in [2.75, 3.05) is 5.32 Å². The first-order valence-electron chi connectivity index (χ1n) is 7.76. The van der Waals surface area contributed by atoms with Crippen molar-refractivity contribution >= 4 is 22.4 Å². The number of non-ortho nitro benzene ring substituents is 1. The number of hydrogen-bond acceptors (Lipinski definition) is 6. The summed E-state index contributed by atoms with van der Waals surface area (Å²) in [5.41, 5.74) is 2.89. The number of fused-ring (bicyclic) bond motifs is 1. The van der Waals surface area contributed by atoms with Crippen molar-refractivity contribution in [3.8, 4) is 6.07 Å². The molecule has 3 aromatic rings. The fraction of sp³-hybridized carbons (Fsp3) is 0.235. The van der Waals surface area contributed by atoms with Crippen molar-refractivity contribution < 1.29 is 4.92 Å². The molecule has 126 valence electrons. The minimum atomic E-state index is -0.485. The Morgan fingerprint density at radius 3 is 2.88 bits per heavy atom. The third-order valence-electron chi connectivity index (χ3n) is 3.91. The molecule has 0 unspecified atom stereocenters. The van der Waals surface area contributed by atoms with Crippen molar-refractivity contribution in [3.05, 3.63) is 57.4 Å². The lowest BCUT2D eigenvalue weighted by Gasteiger charge is -2.08. The Morgan fingerprint density at radius 1 is 1.40 bits per heavy atom. The fourth-order valence-electron chi connectivity index (χ4n) is 2.73. The second-order valence-electron chi connectivity index (χ2n) is 5.61. The molecule has 1 N–H and O–H groups in total. The minimum absolute atomic E-state index is 0.0607. The highest BCUT2D eigenvalue weighted by Crippen LogP contribution is 2.25. The van der Waals surface area contributed by atoms with Gasteiger partial charge < -0.3 is 5.32 Å². The Hall–Kier alpha value is -3.47. The van der Waals surface area contributed by atoms with Gasteiger partial charge in [0.1, 0.15) is 5.82 Å². The van der Waals surface area contributed by atoms with E-state index in [1.807, 2.05) is 20.2 Å². The van der Waals surface area contributed by atoms with Gasteiger partial charge in [0, 0.05) is 42.9 Å². The Labute approximate surface area is 143 Å². The lowest BCUT2D eigenvalue weighted by atomic mass is 10.1. The number of aromatic nitrogens is 3. The Bertz CT molecular complexity index is 1000. The quantitative estimate of drug-likeness (QED) is 0.566. The molecule has 1 aromatic carbocycles. The summed E-state index contributed by atoms with van der Waals surface area (Å²) in [5, 5.41) is 28.4. The smallest absolute Gasteiger partial charge is 0.270 e. The Balaban J connectivity index is 1.93. The average molecular weight is 336 g/mol. The Morgan fingerprint density at radius 2 is 2.20 bits per heavy atom. The third kappa shape index (κ3) is 3.26. The van der Waals surface area contributed by atoms with Crippen LogP contribution in [0.2, 0.25) is 0 Å². The van der Waals surface area contributed by atoms with Crippen molar-refractivity contribution in [2.24, 2.45) is 7.05 Å². The summed E-state index contributed by atoms with van der Waals surface area (Å²) in [4.78, 5) is 14.9. The molecule has 0 radical (unpaired) electrons. The zero-order valence-corrected chi connectivity index (χ0v) is 13.9. The molecule has 25 heavy (non-hydrogen) atoms. The Kier molecular flexibility index (Phi) is 4.31. The van der Waals surface area contributed by atoms with Gasteiger partial charge in [-0.2, -0.15) is 10.4 Å². The maximum Gasteiger partial charge on any atom is 0.270 e. The van der Waals surface area contributed by atoms with Crippen molar-refractivity contribution in [2.45, 2.75) is 19.9 Å². The van der Waals surface area contributed by atoms with Crippen LogP contribution in [0.1, 0.15) is 23.7 Å². The maximum atomic E-state index is 10.9. The van der Waals surface area contributed by atoms with E-state index in [9.17, 15) is 15.4 Å². The molecule has 2 aromatic heterocycles. The molecule has 8 nitrogen and oxygen atoms in total. The fourth-order valence-corrected chi connectivity index (χ4v) is 2.73. The number of anilines is 1. The van der Waals surface area contributed by atoms with Crippen molar-refractivity contribution in [1.82, 2.24) is 14.8 Å². The van der Waals surface area contributed by atoms with Gasteiger partial charge in [-0.15, -0.1) is 0 Å². The van der Waals surface area contributed by atoms with E-state index in [-0.39, 0.29) is 5.69 Å². The summed E-state index contributed by atoms with van der Waals surface area (Å²) in [7, 11) is 1.87. The van der Waals surface area contributed by atoms with E-state index in [0.29, 0.717) is 28.8 Å². The highest BCUT2D eigenvalue weighted by Gasteiger charge is 2.12. The average Bonchev–Trinajstić information content (AvgIpc) is 2.98. The van der Waals surface area contributed by atoms with E-state index in [4.69, 9.17) is 0 Å². The standard InChI is InChI=1S/C17H16N6O2/c1-3-15-12(10-22(2)21-15)9-19-17-6-11(8-18)14-7-13(23(24)25)4-5-16(14)20-17/h4-7,10H,3,9H2,1-2H3,(H,19,20). The van der Waals surface area contributed by atoms with E-state index in [1.165, 1.54) is 12.1 Å². The number of pyridine rings is 1. The highest BCUT2D eigenvalue weighted by atomic mass is 16.6. The number of rotatable bonds is 5. The van der Waals surface area contributed by atoms with Gasteiger partial charge in [0.25, 0.3) is 5.69 Å². The van der Waals surface area contributed by atoms with Crippen LogP contribution in [0.25, 0.3) is 10.9 Å². The van der Waals surface area contributed by atoms with Gasteiger partial charge in [-0.05, 0) is 18.6 Å². The monoisotopic (exact) mass is 336 g/mol. The maximum absolute atomic E-state index is 10.9. The van der Waals surface area contributed by atoms with Crippen LogP contribution >= 0.6 is 0 Å². The summed E-state index contributed by atoms with van der Waals surface area (Å²) in [5.74, 6) is 0.545. The molecule has 0 saturated heterocycles. The van der Waals surface area contributed by atoms with Crippen LogP contribution in [-0.2, 0) is 20.0 Å². The number of nitro groups is 1. The molecule has 0 amide bonds. The van der Waals surface area contributed by atoms with Gasteiger partial charge in [0.15, 0.2) is 0 Å². The van der Waals surface area contributed by atoms with Gasteiger partial charge in [-0.25, -0.2) is 4.98 Å². The first-order valence-corrected chi connectivity index (χ1v) is 7.76. The number of hydrogen-bond donors (Lipinski definition) is 1. The molecule has 0 saturated carbocycles. The summed E-state index contributed by atoms with van der Waals surface area (Å²) < 4.78 is 1.77. The number of nitro benzene ring substituents is 1. The number of nitrogens with one attached hydrogen (secondary N) is 1. The van der Waals surface area contributed by atoms with E-state index in [0.717, 1.165) is 17.7 Å². The normalized spacial score (nSPS) is 10.6. The second-order valence-corrected chi connectivity index (χ2v) is 5.61. The lowest BCUT2D eigenvalue weighted by Crippen LogP contribution is -2.03. The summed E-state index contributed by atoms with van der Waals surface area (Å²) in [6.45, 7) is 2.58. The van der Waals surface area contributed by atoms with Crippen LogP contribution in [0.15, 0.2) is 30.5 Å². The van der Waals surface area contributed by atoms with Crippen LogP contribution in [0.3, 0.4) is 0 Å². The van der Waals surface area contributed by atoms with Crippen LogP contribution in [0, 0.1) is 21.4 Å². The zero-order chi connectivity index (χ0) is 18.0. The van der Waals surface area contributed by atoms with Gasteiger partial charge in [-0.3, -0.25) is 14.8 Å². The molecule has 0 aliphatic carbocycles. The SMILES string of the molecule is CCc1nn(C)cc1CNc1cc(C#N)c2cc([N+](=O)[O-])ccc2n1. The van der Waals surface area contributed by atoms with E-state index < -0.39 is 4.92 Å². The van der Waals surface area contributed by atoms with Gasteiger partial charge >= 0.3 is 0 Å². The second kappa shape index (κ2) is 6.57. The van der Waals surface area contributed by atoms with Gasteiger partial charge in [0.05, 0.1) is 27.8 Å². The summed E-state index contributed by atoms with van der Waals surface area (Å²) in [6, 6.07) is 8.01. The number of benzene rings is 1.